The molecule has 0 saturated heterocycles. The standard InChI is InChI=1S/C4H6S/c1-4(2)5-3/h3H,1H2,2H3. The third-order valence-electron chi connectivity index (χ3n) is 0.201. The molecule has 0 aromatic carbocycles. The molecule has 0 rings (SSSR count). The van der Waals surface area contributed by atoms with Crippen molar-refractivity contribution in [2.75, 3.05) is 0 Å². The maximum atomic E-state index is 4.99. The Balaban J connectivity index is 2.85. The number of hydrogen-bond donors (Lipinski definition) is 0. The van der Waals surface area contributed by atoms with Crippen molar-refractivity contribution in [3.05, 3.63) is 17.7 Å². The minimum atomic E-state index is 0.949. The highest BCUT2D eigenvalue weighted by molar-refractivity contribution is 8.04. The van der Waals surface area contributed by atoms with Gasteiger partial charge in [-0.1, -0.05) is 6.58 Å². The van der Waals surface area contributed by atoms with E-state index in [0.29, 0.717) is 0 Å². The van der Waals surface area contributed by atoms with Crippen LogP contribution in [0.1, 0.15) is 6.92 Å². The van der Waals surface area contributed by atoms with Crippen LogP contribution in [0.15, 0.2) is 11.5 Å². The first kappa shape index (κ1) is 5.09. The molecular weight excluding hydrogens is 80.1 g/mol. The molecule has 0 heterocycles. The van der Waals surface area contributed by atoms with Gasteiger partial charge in [-0.05, 0) is 11.8 Å². The molecule has 0 spiro atoms. The zero-order valence-corrected chi connectivity index (χ0v) is 4.01. The molecular formula is C4H6S. The van der Waals surface area contributed by atoms with Crippen molar-refractivity contribution in [3.63, 3.8) is 0 Å². The fraction of sp³-hybridized carbons (Fsp3) is 0.250. The Labute approximate surface area is 37.3 Å². The van der Waals surface area contributed by atoms with Gasteiger partial charge in [0.05, 0.1) is 0 Å². The molecule has 0 aliphatic carbocycles. The Morgan fingerprint density at radius 2 is 2.20 bits per heavy atom. The van der Waals surface area contributed by atoms with Crippen LogP contribution in [0.5, 0.6) is 0 Å². The van der Waals surface area contributed by atoms with Crippen molar-refractivity contribution in [3.8, 4) is 0 Å². The highest BCUT2D eigenvalue weighted by Gasteiger charge is 1.68. The maximum Gasteiger partial charge on any atom is 0.0358 e. The van der Waals surface area contributed by atoms with E-state index in [1.807, 2.05) is 6.92 Å². The second-order valence-corrected chi connectivity index (χ2v) is 1.75. The molecule has 0 atom stereocenters. The van der Waals surface area contributed by atoms with Crippen LogP contribution in [0.3, 0.4) is 0 Å². The minimum absolute atomic E-state index is 0.949. The number of hydrogen-bond acceptors (Lipinski definition) is 1. The quantitative estimate of drug-likeness (QED) is 0.469. The molecule has 0 aromatic rings. The molecule has 0 amide bonds. The molecule has 0 unspecified atom stereocenters. The van der Waals surface area contributed by atoms with Crippen molar-refractivity contribution in [2.24, 2.45) is 0 Å². The molecule has 28 valence electrons. The second-order valence-electron chi connectivity index (χ2n) is 0.820. The summed E-state index contributed by atoms with van der Waals surface area (Å²) < 4.78 is 0. The van der Waals surface area contributed by atoms with E-state index in [-0.39, 0.29) is 0 Å². The maximum absolute atomic E-state index is 4.99. The van der Waals surface area contributed by atoms with Crippen LogP contribution in [-0.4, -0.2) is 0 Å². The van der Waals surface area contributed by atoms with Crippen LogP contribution in [0, 0.1) is 6.26 Å². The van der Waals surface area contributed by atoms with Gasteiger partial charge in [-0.15, -0.1) is 11.8 Å². The molecule has 0 fully saturated rings. The van der Waals surface area contributed by atoms with Crippen LogP contribution in [0.4, 0.5) is 0 Å². The van der Waals surface area contributed by atoms with Gasteiger partial charge >= 0.3 is 0 Å². The number of rotatable bonds is 1. The normalized spacial score (nSPS) is 7.60. The summed E-state index contributed by atoms with van der Waals surface area (Å²) in [7, 11) is 0. The molecule has 1 heteroatoms. The molecule has 0 N–H and O–H groups in total. The number of allylic oxidation sites excluding steroid dienone is 1. The van der Waals surface area contributed by atoms with Crippen molar-refractivity contribution in [1.82, 2.24) is 0 Å². The van der Waals surface area contributed by atoms with Gasteiger partial charge in [0.15, 0.2) is 0 Å². The van der Waals surface area contributed by atoms with E-state index in [1.165, 1.54) is 11.8 Å². The lowest BCUT2D eigenvalue weighted by molar-refractivity contribution is 1.74. The molecule has 5 heavy (non-hydrogen) atoms. The topological polar surface area (TPSA) is 0 Å². The average Bonchev–Trinajstić information content (AvgIpc) is 1.38. The fourth-order valence-electron chi connectivity index (χ4n) is 0. The molecule has 0 nitrogen and oxygen atoms in total. The lowest BCUT2D eigenvalue weighted by atomic mass is 10.8. The summed E-state index contributed by atoms with van der Waals surface area (Å²) in [5.41, 5.74) is 0. The predicted octanol–water partition coefficient (Wildman–Crippen LogP) is 1.92. The van der Waals surface area contributed by atoms with E-state index in [4.69, 9.17) is 6.26 Å². The Morgan fingerprint density at radius 1 is 2.00 bits per heavy atom. The van der Waals surface area contributed by atoms with E-state index < -0.39 is 0 Å². The van der Waals surface area contributed by atoms with Crippen molar-refractivity contribution in [2.45, 2.75) is 6.92 Å². The van der Waals surface area contributed by atoms with Crippen molar-refractivity contribution < 1.29 is 0 Å². The minimum Gasteiger partial charge on any atom is -0.126 e. The van der Waals surface area contributed by atoms with E-state index in [2.05, 4.69) is 6.58 Å². The van der Waals surface area contributed by atoms with Crippen LogP contribution in [-0.2, 0) is 0 Å². The molecule has 0 aromatic heterocycles. The molecule has 0 bridgehead atoms. The van der Waals surface area contributed by atoms with Gasteiger partial charge in [0, 0.05) is 6.26 Å². The van der Waals surface area contributed by atoms with Crippen LogP contribution < -0.4 is 0 Å². The summed E-state index contributed by atoms with van der Waals surface area (Å²) in [6, 6.07) is 0. The van der Waals surface area contributed by atoms with Gasteiger partial charge in [0.1, 0.15) is 0 Å². The van der Waals surface area contributed by atoms with Gasteiger partial charge in [-0.2, -0.15) is 0 Å². The van der Waals surface area contributed by atoms with Gasteiger partial charge in [0.2, 0.25) is 0 Å². The third kappa shape index (κ3) is 4.09. The molecule has 0 aliphatic rings. The van der Waals surface area contributed by atoms with E-state index in [9.17, 15) is 0 Å². The molecule has 0 saturated carbocycles. The third-order valence-corrected chi connectivity index (χ3v) is 0.604. The van der Waals surface area contributed by atoms with E-state index >= 15 is 0 Å². The Bertz CT molecular complexity index is 38.9. The Morgan fingerprint density at radius 3 is 2.20 bits per heavy atom. The monoisotopic (exact) mass is 86.0 g/mol. The average molecular weight is 86.2 g/mol. The van der Waals surface area contributed by atoms with Crippen molar-refractivity contribution in [1.29, 1.82) is 0 Å². The van der Waals surface area contributed by atoms with Crippen LogP contribution in [0.2, 0.25) is 0 Å². The van der Waals surface area contributed by atoms with Gasteiger partial charge in [-0.25, -0.2) is 0 Å². The predicted molar refractivity (Wildman–Crippen MR) is 26.7 cm³/mol. The lowest BCUT2D eigenvalue weighted by Gasteiger charge is -1.79. The smallest absolute Gasteiger partial charge is 0.0358 e. The Kier molecular flexibility index (Phi) is 2.38. The molecule has 0 aliphatic heterocycles. The summed E-state index contributed by atoms with van der Waals surface area (Å²) in [6.07, 6.45) is 4.99. The largest absolute Gasteiger partial charge is 0.126 e. The zero-order chi connectivity index (χ0) is 4.28. The summed E-state index contributed by atoms with van der Waals surface area (Å²) in [5.74, 6) is 0. The number of thioether (sulfide) groups is 1. The first-order valence-electron chi connectivity index (χ1n) is 1.29. The second kappa shape index (κ2) is 2.33. The van der Waals surface area contributed by atoms with Gasteiger partial charge in [-0.3, -0.25) is 0 Å². The van der Waals surface area contributed by atoms with Gasteiger partial charge in [0.25, 0.3) is 0 Å². The van der Waals surface area contributed by atoms with E-state index in [0.717, 1.165) is 4.91 Å². The van der Waals surface area contributed by atoms with Gasteiger partial charge < -0.3 is 0 Å². The zero-order valence-electron chi connectivity index (χ0n) is 3.19. The molecule has 2 radical (unpaired) electrons. The summed E-state index contributed by atoms with van der Waals surface area (Å²) in [6.45, 7) is 5.38. The summed E-state index contributed by atoms with van der Waals surface area (Å²) >= 11 is 1.19. The fourth-order valence-corrected chi connectivity index (χ4v) is 0. The highest BCUT2D eigenvalue weighted by Crippen LogP contribution is 2.06. The van der Waals surface area contributed by atoms with Crippen LogP contribution >= 0.6 is 11.8 Å². The highest BCUT2D eigenvalue weighted by atomic mass is 32.2. The van der Waals surface area contributed by atoms with Crippen molar-refractivity contribution >= 4 is 11.8 Å². The Hall–Kier alpha value is 0.0900. The van der Waals surface area contributed by atoms with Crippen LogP contribution in [0.25, 0.3) is 0 Å². The SMILES string of the molecule is [CH]SC(=C)C. The first-order chi connectivity index (χ1) is 2.27. The lowest BCUT2D eigenvalue weighted by Crippen LogP contribution is -1.46. The summed E-state index contributed by atoms with van der Waals surface area (Å²) in [4.78, 5) is 0.949. The summed E-state index contributed by atoms with van der Waals surface area (Å²) in [5, 5.41) is 0. The first-order valence-corrected chi connectivity index (χ1v) is 2.17. The van der Waals surface area contributed by atoms with E-state index in [1.54, 1.807) is 0 Å².